The van der Waals surface area contributed by atoms with Gasteiger partial charge in [-0.15, -0.1) is 11.3 Å². The molecule has 0 radical (unpaired) electrons. The van der Waals surface area contributed by atoms with Crippen LogP contribution in [-0.4, -0.2) is 17.6 Å². The summed E-state index contributed by atoms with van der Waals surface area (Å²) in [5.74, 6) is 1.43. The average Bonchev–Trinajstić information content (AvgIpc) is 3.21. The topological polar surface area (TPSA) is 34.1 Å². The first-order chi connectivity index (χ1) is 9.90. The highest BCUT2D eigenvalue weighted by Gasteiger charge is 2.25. The van der Waals surface area contributed by atoms with Gasteiger partial charge in [-0.05, 0) is 25.3 Å². The number of nitrogens with zero attached hydrogens (tertiary/aromatic N) is 1. The Balaban J connectivity index is 1.55. The lowest BCUT2D eigenvalue weighted by molar-refractivity contribution is 0.276. The summed E-state index contributed by atoms with van der Waals surface area (Å²) in [6.07, 6.45) is 3.68. The lowest BCUT2D eigenvalue weighted by atomic mass is 9.94. The molecule has 3 nitrogen and oxygen atoms in total. The number of aromatic nitrogens is 1. The van der Waals surface area contributed by atoms with Gasteiger partial charge in [0.05, 0.1) is 12.3 Å². The van der Waals surface area contributed by atoms with Crippen molar-refractivity contribution in [3.8, 4) is 5.75 Å². The first-order valence-electron chi connectivity index (χ1n) is 7.29. The van der Waals surface area contributed by atoms with E-state index in [0.29, 0.717) is 5.92 Å². The molecule has 1 fully saturated rings. The van der Waals surface area contributed by atoms with E-state index in [2.05, 4.69) is 28.9 Å². The molecule has 0 bridgehead atoms. The van der Waals surface area contributed by atoms with Crippen LogP contribution < -0.4 is 10.1 Å². The van der Waals surface area contributed by atoms with E-state index in [9.17, 15) is 0 Å². The van der Waals surface area contributed by atoms with E-state index in [4.69, 9.17) is 9.72 Å². The third-order valence-corrected chi connectivity index (χ3v) is 4.98. The molecule has 1 saturated carbocycles. The van der Waals surface area contributed by atoms with Gasteiger partial charge in [-0.25, -0.2) is 4.98 Å². The van der Waals surface area contributed by atoms with E-state index in [0.717, 1.165) is 31.4 Å². The van der Waals surface area contributed by atoms with E-state index >= 15 is 0 Å². The molecule has 1 aliphatic carbocycles. The van der Waals surface area contributed by atoms with Crippen molar-refractivity contribution in [1.82, 2.24) is 10.3 Å². The van der Waals surface area contributed by atoms with E-state index < -0.39 is 0 Å². The van der Waals surface area contributed by atoms with Gasteiger partial charge in [-0.1, -0.05) is 18.2 Å². The zero-order valence-corrected chi connectivity index (χ0v) is 12.2. The molecule has 1 unspecified atom stereocenters. The molecule has 1 aromatic carbocycles. The minimum atomic E-state index is 0.402. The zero-order chi connectivity index (χ0) is 13.4. The van der Waals surface area contributed by atoms with Crippen LogP contribution in [0.15, 0.2) is 29.6 Å². The third-order valence-electron chi connectivity index (χ3n) is 3.98. The maximum Gasteiger partial charge on any atom is 0.123 e. The van der Waals surface area contributed by atoms with Crippen molar-refractivity contribution in [3.05, 3.63) is 45.9 Å². The number of thiazole rings is 1. The smallest absolute Gasteiger partial charge is 0.123 e. The van der Waals surface area contributed by atoms with Gasteiger partial charge >= 0.3 is 0 Å². The van der Waals surface area contributed by atoms with Crippen LogP contribution in [0, 0.1) is 0 Å². The molecular formula is C16H18N2OS. The number of hydrogen-bond donors (Lipinski definition) is 1. The highest BCUT2D eigenvalue weighted by atomic mass is 32.1. The summed E-state index contributed by atoms with van der Waals surface area (Å²) in [5, 5.41) is 6.95. The maximum atomic E-state index is 5.73. The van der Waals surface area contributed by atoms with Crippen LogP contribution in [0.1, 0.15) is 41.4 Å². The Morgan fingerprint density at radius 3 is 3.05 bits per heavy atom. The van der Waals surface area contributed by atoms with Crippen LogP contribution in [0.2, 0.25) is 0 Å². The van der Waals surface area contributed by atoms with Crippen LogP contribution >= 0.6 is 11.3 Å². The van der Waals surface area contributed by atoms with Crippen molar-refractivity contribution in [1.29, 1.82) is 0 Å². The highest BCUT2D eigenvalue weighted by molar-refractivity contribution is 7.09. The molecule has 4 rings (SSSR count). The zero-order valence-electron chi connectivity index (χ0n) is 11.3. The van der Waals surface area contributed by atoms with Crippen molar-refractivity contribution < 1.29 is 4.74 Å². The molecule has 0 saturated heterocycles. The summed E-state index contributed by atoms with van der Waals surface area (Å²) in [5.41, 5.74) is 2.47. The van der Waals surface area contributed by atoms with Gasteiger partial charge in [0.1, 0.15) is 10.8 Å². The van der Waals surface area contributed by atoms with Crippen LogP contribution in [0.4, 0.5) is 0 Å². The lowest BCUT2D eigenvalue weighted by Crippen LogP contribution is -2.17. The Kier molecular flexibility index (Phi) is 3.20. The van der Waals surface area contributed by atoms with Crippen molar-refractivity contribution in [2.45, 2.75) is 37.8 Å². The number of nitrogens with one attached hydrogen (secondary N) is 1. The molecule has 2 aliphatic rings. The molecule has 2 aromatic rings. The number of rotatable bonds is 4. The first-order valence-corrected chi connectivity index (χ1v) is 8.17. The van der Waals surface area contributed by atoms with Crippen LogP contribution in [0.5, 0.6) is 5.75 Å². The lowest BCUT2D eigenvalue weighted by Gasteiger charge is -2.24. The number of fused-ring (bicyclic) bond motifs is 1. The Morgan fingerprint density at radius 2 is 2.15 bits per heavy atom. The van der Waals surface area contributed by atoms with E-state index in [1.807, 2.05) is 6.07 Å². The fourth-order valence-electron chi connectivity index (χ4n) is 2.70. The molecule has 4 heteroatoms. The van der Waals surface area contributed by atoms with Gasteiger partial charge in [-0.3, -0.25) is 0 Å². The first kappa shape index (κ1) is 12.4. The maximum absolute atomic E-state index is 5.73. The van der Waals surface area contributed by atoms with Gasteiger partial charge in [0.15, 0.2) is 0 Å². The summed E-state index contributed by atoms with van der Waals surface area (Å²) >= 11 is 1.79. The minimum absolute atomic E-state index is 0.402. The van der Waals surface area contributed by atoms with Crippen molar-refractivity contribution in [2.75, 3.05) is 6.61 Å². The summed E-state index contributed by atoms with van der Waals surface area (Å²) in [6.45, 7) is 1.70. The number of hydrogen-bond acceptors (Lipinski definition) is 4. The summed E-state index contributed by atoms with van der Waals surface area (Å²) in [4.78, 5) is 4.83. The average molecular weight is 286 g/mol. The fraction of sp³-hybridized carbons (Fsp3) is 0.438. The van der Waals surface area contributed by atoms with E-state index in [1.165, 1.54) is 29.1 Å². The van der Waals surface area contributed by atoms with Crippen LogP contribution in [-0.2, 0) is 6.54 Å². The molecular weight excluding hydrogens is 268 g/mol. The molecule has 0 spiro atoms. The van der Waals surface area contributed by atoms with E-state index in [1.54, 1.807) is 11.3 Å². The number of para-hydroxylation sites is 1. The Morgan fingerprint density at radius 1 is 1.25 bits per heavy atom. The molecule has 104 valence electrons. The minimum Gasteiger partial charge on any atom is -0.493 e. The van der Waals surface area contributed by atoms with Crippen molar-refractivity contribution in [2.24, 2.45) is 0 Å². The summed E-state index contributed by atoms with van der Waals surface area (Å²) in [7, 11) is 0. The second-order valence-corrected chi connectivity index (χ2v) is 6.45. The number of ether oxygens (including phenoxy) is 1. The van der Waals surface area contributed by atoms with Crippen molar-refractivity contribution in [3.63, 3.8) is 0 Å². The van der Waals surface area contributed by atoms with Gasteiger partial charge in [0, 0.05) is 29.4 Å². The predicted molar refractivity (Wildman–Crippen MR) is 80.4 cm³/mol. The van der Waals surface area contributed by atoms with Crippen LogP contribution in [0.25, 0.3) is 0 Å². The van der Waals surface area contributed by atoms with Gasteiger partial charge in [0.25, 0.3) is 0 Å². The Bertz CT molecular complexity index is 606. The molecule has 1 N–H and O–H groups in total. The second-order valence-electron chi connectivity index (χ2n) is 5.56. The molecule has 0 amide bonds. The fourth-order valence-corrected chi connectivity index (χ4v) is 3.67. The molecule has 2 heterocycles. The van der Waals surface area contributed by atoms with E-state index in [-0.39, 0.29) is 0 Å². The Hall–Kier alpha value is -1.39. The SMILES string of the molecule is c1ccc2c(c1)OCCC2c1nc(CNC2CC2)cs1. The quantitative estimate of drug-likeness (QED) is 0.936. The van der Waals surface area contributed by atoms with Gasteiger partial charge in [-0.2, -0.15) is 0 Å². The largest absolute Gasteiger partial charge is 0.493 e. The third kappa shape index (κ3) is 2.45. The molecule has 1 atom stereocenters. The summed E-state index contributed by atoms with van der Waals surface area (Å²) < 4.78 is 5.73. The van der Waals surface area contributed by atoms with Gasteiger partial charge in [0.2, 0.25) is 0 Å². The molecule has 20 heavy (non-hydrogen) atoms. The standard InChI is InChI=1S/C16H18N2OS/c1-2-4-15-13(3-1)14(7-8-19-15)16-18-12(10-20-16)9-17-11-5-6-11/h1-4,10-11,14,17H,5-9H2. The molecule has 1 aliphatic heterocycles. The highest BCUT2D eigenvalue weighted by Crippen LogP contribution is 2.38. The van der Waals surface area contributed by atoms with Crippen LogP contribution in [0.3, 0.4) is 0 Å². The summed E-state index contributed by atoms with van der Waals surface area (Å²) in [6, 6.07) is 9.09. The van der Waals surface area contributed by atoms with Crippen molar-refractivity contribution >= 4 is 11.3 Å². The second kappa shape index (κ2) is 5.19. The monoisotopic (exact) mass is 286 g/mol. The molecule has 1 aromatic heterocycles. The Labute approximate surface area is 123 Å². The predicted octanol–water partition coefficient (Wildman–Crippen LogP) is 3.31. The number of benzene rings is 1. The normalized spacial score (nSPS) is 21.3. The van der Waals surface area contributed by atoms with Gasteiger partial charge < -0.3 is 10.1 Å².